The van der Waals surface area contributed by atoms with Gasteiger partial charge in [0.15, 0.2) is 0 Å². The molecule has 22 heavy (non-hydrogen) atoms. The highest BCUT2D eigenvalue weighted by molar-refractivity contribution is 5.81. The molecule has 1 N–H and O–H groups in total. The van der Waals surface area contributed by atoms with Gasteiger partial charge >= 0.3 is 0 Å². The van der Waals surface area contributed by atoms with Crippen molar-refractivity contribution in [1.29, 1.82) is 0 Å². The molecule has 1 aromatic carbocycles. The summed E-state index contributed by atoms with van der Waals surface area (Å²) in [5.41, 5.74) is 3.51. The van der Waals surface area contributed by atoms with Crippen molar-refractivity contribution in [2.45, 2.75) is 37.3 Å². The Bertz CT molecular complexity index is 712. The minimum atomic E-state index is 0.0248. The maximum absolute atomic E-state index is 11.5. The summed E-state index contributed by atoms with van der Waals surface area (Å²) < 4.78 is 0. The monoisotopic (exact) mass is 292 g/mol. The van der Waals surface area contributed by atoms with Crippen LogP contribution in [-0.2, 0) is 10.2 Å². The molecule has 112 valence electrons. The molecule has 1 aliphatic carbocycles. The van der Waals surface area contributed by atoms with E-state index in [0.717, 1.165) is 37.8 Å². The molecule has 1 spiro atoms. The van der Waals surface area contributed by atoms with Crippen LogP contribution < -0.4 is 5.32 Å². The van der Waals surface area contributed by atoms with Crippen molar-refractivity contribution in [2.24, 2.45) is 0 Å². The summed E-state index contributed by atoms with van der Waals surface area (Å²) in [6, 6.07) is 9.09. The van der Waals surface area contributed by atoms with Crippen molar-refractivity contribution in [1.82, 2.24) is 4.90 Å². The molecular formula is C19H20N2O. The second-order valence-electron chi connectivity index (χ2n) is 6.38. The zero-order chi connectivity index (χ0) is 15.2. The third-order valence-electron chi connectivity index (χ3n) is 5.60. The van der Waals surface area contributed by atoms with E-state index in [-0.39, 0.29) is 11.5 Å². The molecule has 1 aromatic rings. The molecule has 0 bridgehead atoms. The molecule has 0 amide bonds. The van der Waals surface area contributed by atoms with Crippen molar-refractivity contribution < 1.29 is 4.79 Å². The van der Waals surface area contributed by atoms with Gasteiger partial charge in [-0.2, -0.15) is 0 Å². The van der Waals surface area contributed by atoms with Gasteiger partial charge in [0.2, 0.25) is 0 Å². The smallest absolute Gasteiger partial charge is 0.147 e. The van der Waals surface area contributed by atoms with Crippen molar-refractivity contribution in [3.05, 3.63) is 41.5 Å². The van der Waals surface area contributed by atoms with Crippen LogP contribution in [0.3, 0.4) is 0 Å². The van der Waals surface area contributed by atoms with Crippen LogP contribution in [-0.4, -0.2) is 36.4 Å². The number of rotatable bonds is 2. The predicted molar refractivity (Wildman–Crippen MR) is 87.7 cm³/mol. The van der Waals surface area contributed by atoms with E-state index in [1.54, 1.807) is 0 Å². The highest BCUT2D eigenvalue weighted by atomic mass is 16.1. The molecule has 1 fully saturated rings. The first kappa shape index (κ1) is 13.6. The lowest BCUT2D eigenvalue weighted by molar-refractivity contribution is -0.105. The Morgan fingerprint density at radius 3 is 3.14 bits per heavy atom. The van der Waals surface area contributed by atoms with Gasteiger partial charge in [-0.25, -0.2) is 0 Å². The lowest BCUT2D eigenvalue weighted by Gasteiger charge is -2.42. The SMILES string of the molecule is CC#CCN1CC[C@]23c4ccccc4N[C@H]2C(C=O)=CC[C@H]13. The van der Waals surface area contributed by atoms with E-state index in [1.807, 2.05) is 6.92 Å². The summed E-state index contributed by atoms with van der Waals surface area (Å²) in [4.78, 5) is 14.0. The third kappa shape index (κ3) is 1.65. The molecule has 1 saturated heterocycles. The van der Waals surface area contributed by atoms with Gasteiger partial charge in [0.05, 0.1) is 12.6 Å². The summed E-state index contributed by atoms with van der Waals surface area (Å²) in [5.74, 6) is 6.22. The highest BCUT2D eigenvalue weighted by Gasteiger charge is 2.58. The summed E-state index contributed by atoms with van der Waals surface area (Å²) in [6.45, 7) is 3.76. The second kappa shape index (κ2) is 5.00. The van der Waals surface area contributed by atoms with Crippen LogP contribution in [0.5, 0.6) is 0 Å². The molecule has 3 heteroatoms. The Hall–Kier alpha value is -2.05. The number of hydrogen-bond donors (Lipinski definition) is 1. The fourth-order valence-corrected chi connectivity index (χ4v) is 4.67. The van der Waals surface area contributed by atoms with E-state index in [1.165, 1.54) is 11.3 Å². The van der Waals surface area contributed by atoms with Gasteiger partial charge in [-0.3, -0.25) is 9.69 Å². The maximum Gasteiger partial charge on any atom is 0.147 e. The van der Waals surface area contributed by atoms with Crippen molar-refractivity contribution in [3.8, 4) is 11.8 Å². The fourth-order valence-electron chi connectivity index (χ4n) is 4.67. The standard InChI is InChI=1S/C19H20N2O/c1-2-3-11-21-12-10-19-15-6-4-5-7-16(15)20-18(19)14(13-22)8-9-17(19)21/h4-8,13,17-18,20H,9-12H2,1H3/t17-,18-,19+/m0/s1. The van der Waals surface area contributed by atoms with E-state index < -0.39 is 0 Å². The van der Waals surface area contributed by atoms with Crippen LogP contribution in [0.25, 0.3) is 0 Å². The first-order chi connectivity index (χ1) is 10.8. The molecule has 2 heterocycles. The molecule has 0 radical (unpaired) electrons. The number of hydrogen-bond acceptors (Lipinski definition) is 3. The van der Waals surface area contributed by atoms with Gasteiger partial charge in [-0.15, -0.1) is 5.92 Å². The zero-order valence-electron chi connectivity index (χ0n) is 12.8. The minimum Gasteiger partial charge on any atom is -0.377 e. The Kier molecular flexibility index (Phi) is 3.09. The molecule has 3 atom stereocenters. The van der Waals surface area contributed by atoms with Gasteiger partial charge in [0.25, 0.3) is 0 Å². The molecule has 2 aliphatic heterocycles. The molecular weight excluding hydrogens is 272 g/mol. The van der Waals surface area contributed by atoms with E-state index in [0.29, 0.717) is 6.04 Å². The molecule has 0 aromatic heterocycles. The summed E-state index contributed by atoms with van der Waals surface area (Å²) in [5, 5.41) is 3.61. The van der Waals surface area contributed by atoms with E-state index in [2.05, 4.69) is 52.4 Å². The van der Waals surface area contributed by atoms with E-state index in [4.69, 9.17) is 0 Å². The number of likely N-dealkylation sites (tertiary alicyclic amines) is 1. The predicted octanol–water partition coefficient (Wildman–Crippen LogP) is 2.35. The van der Waals surface area contributed by atoms with Crippen LogP contribution >= 0.6 is 0 Å². The quantitative estimate of drug-likeness (QED) is 0.671. The molecule has 4 rings (SSSR count). The number of fused-ring (bicyclic) bond motifs is 1. The first-order valence-electron chi connectivity index (χ1n) is 7.96. The maximum atomic E-state index is 11.5. The number of nitrogens with zero attached hydrogens (tertiary/aromatic N) is 1. The van der Waals surface area contributed by atoms with E-state index in [9.17, 15) is 4.79 Å². The van der Waals surface area contributed by atoms with Crippen LogP contribution in [0, 0.1) is 11.8 Å². The Labute approximate surface area is 131 Å². The number of carbonyl (C=O) groups excluding carboxylic acids is 1. The summed E-state index contributed by atoms with van der Waals surface area (Å²) in [6.07, 6.45) is 5.18. The Morgan fingerprint density at radius 1 is 1.45 bits per heavy atom. The third-order valence-corrected chi connectivity index (χ3v) is 5.60. The number of carbonyl (C=O) groups is 1. The Morgan fingerprint density at radius 2 is 2.32 bits per heavy atom. The average molecular weight is 292 g/mol. The molecule has 3 aliphatic rings. The minimum absolute atomic E-state index is 0.0248. The second-order valence-corrected chi connectivity index (χ2v) is 6.38. The van der Waals surface area contributed by atoms with Crippen LogP contribution in [0.2, 0.25) is 0 Å². The molecule has 0 unspecified atom stereocenters. The van der Waals surface area contributed by atoms with Gasteiger partial charge in [0, 0.05) is 29.3 Å². The van der Waals surface area contributed by atoms with Crippen LogP contribution in [0.1, 0.15) is 25.3 Å². The zero-order valence-corrected chi connectivity index (χ0v) is 12.8. The van der Waals surface area contributed by atoms with Gasteiger partial charge < -0.3 is 5.32 Å². The number of nitrogens with one attached hydrogen (secondary N) is 1. The molecule has 3 nitrogen and oxygen atoms in total. The van der Waals surface area contributed by atoms with Crippen molar-refractivity contribution in [3.63, 3.8) is 0 Å². The van der Waals surface area contributed by atoms with Crippen molar-refractivity contribution >= 4 is 12.0 Å². The normalized spacial score (nSPS) is 32.0. The first-order valence-corrected chi connectivity index (χ1v) is 7.96. The Balaban J connectivity index is 1.83. The average Bonchev–Trinajstić information content (AvgIpc) is 3.09. The number of para-hydroxylation sites is 1. The molecule has 0 saturated carbocycles. The summed E-state index contributed by atoms with van der Waals surface area (Å²) in [7, 11) is 0. The topological polar surface area (TPSA) is 32.3 Å². The van der Waals surface area contributed by atoms with E-state index >= 15 is 0 Å². The van der Waals surface area contributed by atoms with Crippen LogP contribution in [0.15, 0.2) is 35.9 Å². The van der Waals surface area contributed by atoms with Gasteiger partial charge in [-0.05, 0) is 31.4 Å². The van der Waals surface area contributed by atoms with Gasteiger partial charge in [0.1, 0.15) is 6.29 Å². The van der Waals surface area contributed by atoms with Gasteiger partial charge in [-0.1, -0.05) is 30.2 Å². The number of aldehydes is 1. The fraction of sp³-hybridized carbons (Fsp3) is 0.421. The summed E-state index contributed by atoms with van der Waals surface area (Å²) >= 11 is 0. The van der Waals surface area contributed by atoms with Crippen LogP contribution in [0.4, 0.5) is 5.69 Å². The number of benzene rings is 1. The highest BCUT2D eigenvalue weighted by Crippen LogP contribution is 2.55. The lowest BCUT2D eigenvalue weighted by atomic mass is 9.65. The number of anilines is 1. The lowest BCUT2D eigenvalue weighted by Crippen LogP contribution is -2.52. The van der Waals surface area contributed by atoms with Crippen molar-refractivity contribution in [2.75, 3.05) is 18.4 Å². The largest absolute Gasteiger partial charge is 0.377 e.